The Bertz CT molecular complexity index is 786. The monoisotopic (exact) mass is 355 g/mol. The van der Waals surface area contributed by atoms with E-state index in [-0.39, 0.29) is 6.03 Å². The largest absolute Gasteiger partial charge is 0.465 e. The zero-order valence-electron chi connectivity index (χ0n) is 15.6. The van der Waals surface area contributed by atoms with Crippen LogP contribution in [0.5, 0.6) is 0 Å². The van der Waals surface area contributed by atoms with Gasteiger partial charge in [0.15, 0.2) is 0 Å². The van der Waals surface area contributed by atoms with Gasteiger partial charge in [-0.25, -0.2) is 9.59 Å². The highest BCUT2D eigenvalue weighted by Crippen LogP contribution is 2.23. The first-order chi connectivity index (χ1) is 12.5. The molecule has 0 saturated heterocycles. The molecular weight excluding hydrogens is 330 g/mol. The summed E-state index contributed by atoms with van der Waals surface area (Å²) in [6.45, 7) is 8.04. The molecule has 0 heterocycles. The number of benzene rings is 2. The van der Waals surface area contributed by atoms with Crippen LogP contribution in [0.25, 0.3) is 0 Å². The Labute approximate surface area is 154 Å². The van der Waals surface area contributed by atoms with Crippen molar-refractivity contribution in [2.24, 2.45) is 0 Å². The van der Waals surface area contributed by atoms with Gasteiger partial charge in [0.1, 0.15) is 0 Å². The van der Waals surface area contributed by atoms with Crippen molar-refractivity contribution in [1.82, 2.24) is 0 Å². The smallest absolute Gasteiger partial charge is 0.337 e. The third-order valence-corrected chi connectivity index (χ3v) is 4.13. The van der Waals surface area contributed by atoms with Gasteiger partial charge in [-0.15, -0.1) is 0 Å². The third kappa shape index (κ3) is 4.75. The summed E-state index contributed by atoms with van der Waals surface area (Å²) >= 11 is 0. The van der Waals surface area contributed by atoms with E-state index in [9.17, 15) is 9.59 Å². The van der Waals surface area contributed by atoms with Crippen LogP contribution in [0, 0.1) is 6.92 Å². The molecule has 138 valence electrons. The number of rotatable bonds is 6. The number of aryl methyl sites for hydroxylation is 1. The van der Waals surface area contributed by atoms with Gasteiger partial charge >= 0.3 is 12.0 Å². The van der Waals surface area contributed by atoms with Crippen molar-refractivity contribution in [3.63, 3.8) is 0 Å². The van der Waals surface area contributed by atoms with E-state index in [4.69, 9.17) is 0 Å². The second-order valence-corrected chi connectivity index (χ2v) is 5.82. The van der Waals surface area contributed by atoms with Crippen molar-refractivity contribution < 1.29 is 14.3 Å². The predicted molar refractivity (Wildman–Crippen MR) is 105 cm³/mol. The van der Waals surface area contributed by atoms with E-state index in [2.05, 4.69) is 40.2 Å². The molecular formula is C20H25N3O3. The minimum absolute atomic E-state index is 0.370. The lowest BCUT2D eigenvalue weighted by molar-refractivity contribution is 0.0600. The Morgan fingerprint density at radius 3 is 2.38 bits per heavy atom. The first-order valence-corrected chi connectivity index (χ1v) is 8.60. The Balaban J connectivity index is 2.07. The lowest BCUT2D eigenvalue weighted by atomic mass is 10.1. The number of ether oxygens (including phenoxy) is 1. The van der Waals surface area contributed by atoms with Gasteiger partial charge in [0.25, 0.3) is 0 Å². The highest BCUT2D eigenvalue weighted by atomic mass is 16.5. The van der Waals surface area contributed by atoms with Crippen LogP contribution < -0.4 is 15.5 Å². The second-order valence-electron chi connectivity index (χ2n) is 5.82. The third-order valence-electron chi connectivity index (χ3n) is 4.13. The van der Waals surface area contributed by atoms with Crippen LogP contribution >= 0.6 is 0 Å². The fraction of sp³-hybridized carbons (Fsp3) is 0.300. The molecule has 0 aromatic heterocycles. The molecule has 2 amide bonds. The fourth-order valence-electron chi connectivity index (χ4n) is 2.70. The van der Waals surface area contributed by atoms with E-state index in [1.165, 1.54) is 7.11 Å². The van der Waals surface area contributed by atoms with Gasteiger partial charge in [-0.3, -0.25) is 0 Å². The molecule has 0 aliphatic rings. The molecule has 0 radical (unpaired) electrons. The Morgan fingerprint density at radius 1 is 1.04 bits per heavy atom. The van der Waals surface area contributed by atoms with Crippen LogP contribution in [0.3, 0.4) is 0 Å². The number of esters is 1. The van der Waals surface area contributed by atoms with E-state index in [1.807, 2.05) is 19.1 Å². The summed E-state index contributed by atoms with van der Waals surface area (Å²) in [4.78, 5) is 26.1. The first kappa shape index (κ1) is 19.3. The van der Waals surface area contributed by atoms with Gasteiger partial charge in [-0.1, -0.05) is 6.07 Å². The molecule has 6 nitrogen and oxygen atoms in total. The lowest BCUT2D eigenvalue weighted by Gasteiger charge is -2.22. The topological polar surface area (TPSA) is 70.7 Å². The molecule has 0 unspecified atom stereocenters. The Hall–Kier alpha value is -3.02. The average molecular weight is 355 g/mol. The van der Waals surface area contributed by atoms with Gasteiger partial charge in [0.2, 0.25) is 0 Å². The number of nitrogens with zero attached hydrogens (tertiary/aromatic N) is 1. The number of urea groups is 1. The van der Waals surface area contributed by atoms with E-state index in [0.29, 0.717) is 11.3 Å². The number of carbonyl (C=O) groups excluding carboxylic acids is 2. The van der Waals surface area contributed by atoms with Crippen molar-refractivity contribution in [3.05, 3.63) is 53.6 Å². The maximum atomic E-state index is 12.3. The maximum Gasteiger partial charge on any atom is 0.337 e. The van der Waals surface area contributed by atoms with Crippen molar-refractivity contribution in [2.75, 3.05) is 35.7 Å². The molecule has 2 aromatic carbocycles. The predicted octanol–water partition coefficient (Wildman–Crippen LogP) is 4.27. The summed E-state index contributed by atoms with van der Waals surface area (Å²) in [6, 6.07) is 12.2. The molecule has 2 rings (SSSR count). The summed E-state index contributed by atoms with van der Waals surface area (Å²) in [6.07, 6.45) is 0. The summed E-state index contributed by atoms with van der Waals surface area (Å²) in [7, 11) is 1.32. The normalized spacial score (nSPS) is 10.2. The summed E-state index contributed by atoms with van der Waals surface area (Å²) in [5.41, 5.74) is 3.74. The summed E-state index contributed by atoms with van der Waals surface area (Å²) in [5.74, 6) is -0.447. The van der Waals surface area contributed by atoms with Crippen LogP contribution in [0.15, 0.2) is 42.5 Å². The summed E-state index contributed by atoms with van der Waals surface area (Å²) in [5, 5.41) is 5.57. The molecule has 0 spiro atoms. The van der Waals surface area contributed by atoms with Crippen LogP contribution in [-0.4, -0.2) is 32.2 Å². The standard InChI is InChI=1S/C20H25N3O3/c1-5-23(6-2)17-10-11-18(14(3)12-17)22-20(25)21-16-9-7-8-15(13-16)19(24)26-4/h7-13H,5-6H2,1-4H3,(H2,21,22,25). The number of hydrogen-bond acceptors (Lipinski definition) is 4. The van der Waals surface area contributed by atoms with E-state index in [0.717, 1.165) is 30.0 Å². The molecule has 2 N–H and O–H groups in total. The zero-order chi connectivity index (χ0) is 19.1. The lowest BCUT2D eigenvalue weighted by Crippen LogP contribution is -2.22. The van der Waals surface area contributed by atoms with Crippen LogP contribution in [0.4, 0.5) is 21.9 Å². The van der Waals surface area contributed by atoms with E-state index < -0.39 is 5.97 Å². The van der Waals surface area contributed by atoms with Gasteiger partial charge in [0.05, 0.1) is 12.7 Å². The highest BCUT2D eigenvalue weighted by molar-refractivity contribution is 6.01. The maximum absolute atomic E-state index is 12.3. The van der Waals surface area contributed by atoms with Crippen LogP contribution in [0.1, 0.15) is 29.8 Å². The van der Waals surface area contributed by atoms with Crippen LogP contribution in [-0.2, 0) is 4.74 Å². The molecule has 0 fully saturated rings. The number of nitrogens with one attached hydrogen (secondary N) is 2. The molecule has 0 bridgehead atoms. The first-order valence-electron chi connectivity index (χ1n) is 8.60. The minimum Gasteiger partial charge on any atom is -0.465 e. The Kier molecular flexibility index (Phi) is 6.60. The van der Waals surface area contributed by atoms with Gasteiger partial charge in [-0.05, 0) is 62.7 Å². The number of amides is 2. The molecule has 0 saturated carbocycles. The second kappa shape index (κ2) is 8.89. The molecule has 26 heavy (non-hydrogen) atoms. The van der Waals surface area contributed by atoms with E-state index >= 15 is 0 Å². The number of anilines is 3. The Morgan fingerprint density at radius 2 is 1.77 bits per heavy atom. The van der Waals surface area contributed by atoms with Crippen molar-refractivity contribution in [2.45, 2.75) is 20.8 Å². The van der Waals surface area contributed by atoms with E-state index in [1.54, 1.807) is 24.3 Å². The zero-order valence-corrected chi connectivity index (χ0v) is 15.6. The van der Waals surface area contributed by atoms with Gasteiger partial charge < -0.3 is 20.3 Å². The molecule has 0 aliphatic heterocycles. The SMILES string of the molecule is CCN(CC)c1ccc(NC(=O)Nc2cccc(C(=O)OC)c2)c(C)c1. The molecule has 0 atom stereocenters. The van der Waals surface area contributed by atoms with Crippen molar-refractivity contribution in [1.29, 1.82) is 0 Å². The molecule has 6 heteroatoms. The van der Waals surface area contributed by atoms with Gasteiger partial charge in [0, 0.05) is 30.2 Å². The number of carbonyl (C=O) groups is 2. The van der Waals surface area contributed by atoms with Crippen molar-refractivity contribution >= 4 is 29.1 Å². The summed E-state index contributed by atoms with van der Waals surface area (Å²) < 4.78 is 4.69. The average Bonchev–Trinajstić information content (AvgIpc) is 2.64. The fourth-order valence-corrected chi connectivity index (χ4v) is 2.70. The van der Waals surface area contributed by atoms with Gasteiger partial charge in [-0.2, -0.15) is 0 Å². The highest BCUT2D eigenvalue weighted by Gasteiger charge is 2.10. The molecule has 0 aliphatic carbocycles. The van der Waals surface area contributed by atoms with Crippen molar-refractivity contribution in [3.8, 4) is 0 Å². The molecule has 2 aromatic rings. The quantitative estimate of drug-likeness (QED) is 0.759. The van der Waals surface area contributed by atoms with Crippen LogP contribution in [0.2, 0.25) is 0 Å². The minimum atomic E-state index is -0.447. The number of methoxy groups -OCH3 is 1. The number of hydrogen-bond donors (Lipinski definition) is 2.